The summed E-state index contributed by atoms with van der Waals surface area (Å²) in [6.07, 6.45) is 2.45. The zero-order chi connectivity index (χ0) is 25.9. The molecule has 188 valence electrons. The van der Waals surface area contributed by atoms with Crippen LogP contribution in [0.4, 0.5) is 14.5 Å². The second-order valence-corrected chi connectivity index (χ2v) is 8.60. The second-order valence-electron chi connectivity index (χ2n) is 8.60. The second kappa shape index (κ2) is 10.2. The van der Waals surface area contributed by atoms with Crippen LogP contribution in [0.2, 0.25) is 0 Å². The Balaban J connectivity index is 1.34. The number of aromatic nitrogens is 2. The molecule has 1 aliphatic rings. The summed E-state index contributed by atoms with van der Waals surface area (Å²) in [5, 5.41) is 18.0. The first kappa shape index (κ1) is 24.1. The lowest BCUT2D eigenvalue weighted by molar-refractivity contribution is -0.384. The number of fused-ring (bicyclic) bond motifs is 1. The van der Waals surface area contributed by atoms with Crippen molar-refractivity contribution in [3.05, 3.63) is 99.4 Å². The fourth-order valence-electron chi connectivity index (χ4n) is 4.15. The topological polar surface area (TPSA) is 96.7 Å². The van der Waals surface area contributed by atoms with Gasteiger partial charge in [-0.25, -0.2) is 13.8 Å². The monoisotopic (exact) mass is 503 g/mol. The van der Waals surface area contributed by atoms with E-state index in [-0.39, 0.29) is 17.1 Å². The first-order chi connectivity index (χ1) is 17.9. The summed E-state index contributed by atoms with van der Waals surface area (Å²) in [5.41, 5.74) is 3.17. The lowest BCUT2D eigenvalue weighted by Gasteiger charge is -2.21. The number of rotatable bonds is 8. The van der Waals surface area contributed by atoms with Crippen molar-refractivity contribution in [1.82, 2.24) is 15.0 Å². The lowest BCUT2D eigenvalue weighted by atomic mass is 10.0. The van der Waals surface area contributed by atoms with E-state index in [0.29, 0.717) is 48.0 Å². The molecule has 0 fully saturated rings. The van der Waals surface area contributed by atoms with Crippen molar-refractivity contribution < 1.29 is 18.4 Å². The summed E-state index contributed by atoms with van der Waals surface area (Å²) >= 11 is 0. The maximum atomic E-state index is 14.2. The van der Waals surface area contributed by atoms with Crippen molar-refractivity contribution in [3.63, 3.8) is 0 Å². The number of hydrazone groups is 1. The van der Waals surface area contributed by atoms with Crippen LogP contribution in [0.1, 0.15) is 30.3 Å². The number of nitrogens with one attached hydrogen (secondary N) is 1. The van der Waals surface area contributed by atoms with Crippen LogP contribution in [-0.2, 0) is 13.1 Å². The van der Waals surface area contributed by atoms with Crippen molar-refractivity contribution in [2.24, 2.45) is 5.10 Å². The molecule has 0 bridgehead atoms. The summed E-state index contributed by atoms with van der Waals surface area (Å²) in [6, 6.07) is 16.2. The van der Waals surface area contributed by atoms with Gasteiger partial charge in [-0.1, -0.05) is 31.2 Å². The highest BCUT2D eigenvalue weighted by Gasteiger charge is 2.22. The van der Waals surface area contributed by atoms with Crippen LogP contribution in [0.3, 0.4) is 0 Å². The third kappa shape index (κ3) is 5.04. The average molecular weight is 504 g/mol. The number of ether oxygens (including phenoxy) is 1. The third-order valence-electron chi connectivity index (χ3n) is 5.96. The van der Waals surface area contributed by atoms with E-state index in [4.69, 9.17) is 4.74 Å². The van der Waals surface area contributed by atoms with Crippen LogP contribution in [0.5, 0.6) is 5.75 Å². The normalized spacial score (nSPS) is 12.5. The van der Waals surface area contributed by atoms with Gasteiger partial charge in [-0.15, -0.1) is 0 Å². The van der Waals surface area contributed by atoms with Gasteiger partial charge in [0, 0.05) is 6.07 Å². The number of imidazole rings is 1. The van der Waals surface area contributed by atoms with E-state index in [1.54, 1.807) is 47.6 Å². The molecule has 1 aliphatic heterocycles. The number of nitro groups is 1. The van der Waals surface area contributed by atoms with Crippen LogP contribution >= 0.6 is 0 Å². The Labute approximate surface area is 211 Å². The molecular formula is C27H23F2N5O3. The van der Waals surface area contributed by atoms with Gasteiger partial charge >= 0.3 is 0 Å². The van der Waals surface area contributed by atoms with E-state index in [2.05, 4.69) is 15.1 Å². The van der Waals surface area contributed by atoms with Gasteiger partial charge in [0.25, 0.3) is 5.69 Å². The maximum absolute atomic E-state index is 14.2. The molecule has 4 aromatic rings. The quantitative estimate of drug-likeness (QED) is 0.233. The van der Waals surface area contributed by atoms with Gasteiger partial charge < -0.3 is 9.72 Å². The van der Waals surface area contributed by atoms with Crippen LogP contribution < -0.4 is 4.74 Å². The zero-order valence-corrected chi connectivity index (χ0v) is 19.9. The van der Waals surface area contributed by atoms with Gasteiger partial charge in [-0.3, -0.25) is 15.1 Å². The highest BCUT2D eigenvalue weighted by Crippen LogP contribution is 2.33. The number of aromatic amines is 1. The highest BCUT2D eigenvalue weighted by molar-refractivity contribution is 5.81. The van der Waals surface area contributed by atoms with Crippen LogP contribution in [0.15, 0.2) is 65.8 Å². The molecule has 1 aromatic heterocycles. The van der Waals surface area contributed by atoms with E-state index >= 15 is 0 Å². The molecule has 0 spiro atoms. The van der Waals surface area contributed by atoms with Gasteiger partial charge in [-0.05, 0) is 47.9 Å². The van der Waals surface area contributed by atoms with Crippen LogP contribution in [-0.4, -0.2) is 32.7 Å². The highest BCUT2D eigenvalue weighted by atomic mass is 19.2. The smallest absolute Gasteiger partial charge is 0.277 e. The van der Waals surface area contributed by atoms with Crippen LogP contribution in [0, 0.1) is 21.7 Å². The number of H-pyrrole nitrogens is 1. The zero-order valence-electron chi connectivity index (χ0n) is 19.9. The number of halogens is 2. The molecule has 2 heterocycles. The maximum Gasteiger partial charge on any atom is 0.277 e. The summed E-state index contributed by atoms with van der Waals surface area (Å²) < 4.78 is 33.4. The molecule has 1 N–H and O–H groups in total. The number of benzene rings is 3. The van der Waals surface area contributed by atoms with Gasteiger partial charge in [0.15, 0.2) is 11.6 Å². The molecule has 0 aliphatic carbocycles. The number of hydrogen-bond acceptors (Lipinski definition) is 6. The summed E-state index contributed by atoms with van der Waals surface area (Å²) in [4.78, 5) is 18.9. The largest absolute Gasteiger partial charge is 0.494 e. The number of hydrogen-bond donors (Lipinski definition) is 1. The SMILES string of the molecule is CCCOc1ccc(-c2ccc(CN3Cc4nc(-c5cccc(F)c5F)[nH]c4C=N3)cc2[N+](=O)[O-])cc1. The predicted octanol–water partition coefficient (Wildman–Crippen LogP) is 6.07. The first-order valence-electron chi connectivity index (χ1n) is 11.8. The standard InChI is InChI=1S/C27H23F2N5O3/c1-2-12-37-19-9-7-18(8-10-19)20-11-6-17(13-25(20)34(35)36)15-33-16-24-23(14-30-33)31-27(32-24)21-4-3-5-22(28)26(21)29/h3-11,13-14H,2,12,15-16H2,1H3,(H,31,32). The van der Waals surface area contributed by atoms with Crippen LogP contribution in [0.25, 0.3) is 22.5 Å². The van der Waals surface area contributed by atoms with Crippen molar-refractivity contribution in [1.29, 1.82) is 0 Å². The molecule has 3 aromatic carbocycles. The Morgan fingerprint density at radius 3 is 2.68 bits per heavy atom. The van der Waals surface area contributed by atoms with Gasteiger partial charge in [-0.2, -0.15) is 5.10 Å². The molecule has 8 nitrogen and oxygen atoms in total. The Kier molecular flexibility index (Phi) is 6.63. The minimum Gasteiger partial charge on any atom is -0.494 e. The Bertz CT molecular complexity index is 1480. The van der Waals surface area contributed by atoms with E-state index in [1.807, 2.05) is 13.0 Å². The minimum atomic E-state index is -0.974. The average Bonchev–Trinajstić information content (AvgIpc) is 3.32. The molecule has 10 heteroatoms. The van der Waals surface area contributed by atoms with Crippen molar-refractivity contribution in [2.45, 2.75) is 26.4 Å². The summed E-state index contributed by atoms with van der Waals surface area (Å²) in [7, 11) is 0. The fourth-order valence-corrected chi connectivity index (χ4v) is 4.15. The Morgan fingerprint density at radius 1 is 1.11 bits per heavy atom. The fraction of sp³-hybridized carbons (Fsp3) is 0.185. The summed E-state index contributed by atoms with van der Waals surface area (Å²) in [5.74, 6) is -0.999. The van der Waals surface area contributed by atoms with E-state index in [1.165, 1.54) is 12.1 Å². The van der Waals surface area contributed by atoms with E-state index < -0.39 is 16.6 Å². The summed E-state index contributed by atoms with van der Waals surface area (Å²) in [6.45, 7) is 3.23. The third-order valence-corrected chi connectivity index (χ3v) is 5.96. The molecule has 0 saturated carbocycles. The van der Waals surface area contributed by atoms with Gasteiger partial charge in [0.1, 0.15) is 11.6 Å². The van der Waals surface area contributed by atoms with Crippen molar-refractivity contribution in [2.75, 3.05) is 6.61 Å². The Morgan fingerprint density at radius 2 is 1.92 bits per heavy atom. The number of nitrogens with zero attached hydrogens (tertiary/aromatic N) is 4. The molecule has 0 amide bonds. The number of nitro benzene ring substituents is 1. The molecule has 0 saturated heterocycles. The molecular weight excluding hydrogens is 480 g/mol. The van der Waals surface area contributed by atoms with Gasteiger partial charge in [0.2, 0.25) is 0 Å². The van der Waals surface area contributed by atoms with E-state index in [0.717, 1.165) is 18.1 Å². The molecule has 0 unspecified atom stereocenters. The van der Waals surface area contributed by atoms with E-state index in [9.17, 15) is 18.9 Å². The first-order valence-corrected chi connectivity index (χ1v) is 11.8. The molecule has 0 radical (unpaired) electrons. The lowest BCUT2D eigenvalue weighted by Crippen LogP contribution is -2.21. The Hall–Kier alpha value is -4.60. The minimum absolute atomic E-state index is 0.00922. The van der Waals surface area contributed by atoms with Crippen molar-refractivity contribution >= 4 is 11.9 Å². The van der Waals surface area contributed by atoms with Crippen molar-refractivity contribution in [3.8, 4) is 28.3 Å². The molecule has 5 rings (SSSR count). The molecule has 0 atom stereocenters. The molecule has 37 heavy (non-hydrogen) atoms. The predicted molar refractivity (Wildman–Crippen MR) is 135 cm³/mol. The van der Waals surface area contributed by atoms with Gasteiger partial charge in [0.05, 0.1) is 53.3 Å².